The molecule has 0 aromatic heterocycles. The molecule has 1 N–H and O–H groups in total. The van der Waals surface area contributed by atoms with E-state index >= 15 is 0 Å². The molecule has 0 radical (unpaired) electrons. The van der Waals surface area contributed by atoms with Gasteiger partial charge in [0.1, 0.15) is 6.61 Å². The Kier molecular flexibility index (Phi) is 4.94. The van der Waals surface area contributed by atoms with Crippen LogP contribution in [0.15, 0.2) is 0 Å². The van der Waals surface area contributed by atoms with Crippen LogP contribution in [0, 0.1) is 0 Å². The highest BCUT2D eigenvalue weighted by atomic mass is 16.3. The van der Waals surface area contributed by atoms with Crippen LogP contribution in [0.3, 0.4) is 0 Å². The standard InChI is InChI=1S/C7H15NO2/c1-3-5-8(4-2)7(10)6-9/h9H,3-6H2,1-2H3. The quantitative estimate of drug-likeness (QED) is 0.615. The average molecular weight is 145 g/mol. The summed E-state index contributed by atoms with van der Waals surface area (Å²) in [5.74, 6) is -0.177. The lowest BCUT2D eigenvalue weighted by Gasteiger charge is -2.18. The molecule has 3 nitrogen and oxygen atoms in total. The number of carbonyl (C=O) groups is 1. The van der Waals surface area contributed by atoms with Gasteiger partial charge in [-0.3, -0.25) is 4.79 Å². The third kappa shape index (κ3) is 2.82. The molecule has 0 saturated carbocycles. The molecule has 0 spiro atoms. The van der Waals surface area contributed by atoms with E-state index in [0.29, 0.717) is 6.54 Å². The van der Waals surface area contributed by atoms with Crippen LogP contribution in [0.1, 0.15) is 20.3 Å². The number of likely N-dealkylation sites (N-methyl/N-ethyl adjacent to an activating group) is 1. The molecule has 0 aromatic carbocycles. The zero-order valence-electron chi connectivity index (χ0n) is 6.63. The lowest BCUT2D eigenvalue weighted by atomic mass is 10.4. The molecule has 0 atom stereocenters. The molecule has 0 bridgehead atoms. The van der Waals surface area contributed by atoms with Crippen molar-refractivity contribution in [3.8, 4) is 0 Å². The third-order valence-corrected chi connectivity index (χ3v) is 1.36. The topological polar surface area (TPSA) is 40.5 Å². The molecule has 3 heteroatoms. The summed E-state index contributed by atoms with van der Waals surface area (Å²) in [6.07, 6.45) is 0.944. The lowest BCUT2D eigenvalue weighted by molar-refractivity contribution is -0.134. The number of aliphatic hydroxyl groups excluding tert-OH is 1. The van der Waals surface area contributed by atoms with Crippen LogP contribution in [0.4, 0.5) is 0 Å². The molecule has 10 heavy (non-hydrogen) atoms. The summed E-state index contributed by atoms with van der Waals surface area (Å²) in [5, 5.41) is 8.47. The SMILES string of the molecule is CCCN(CC)C(=O)CO. The van der Waals surface area contributed by atoms with Gasteiger partial charge in [-0.2, -0.15) is 0 Å². The summed E-state index contributed by atoms with van der Waals surface area (Å²) in [5.41, 5.74) is 0. The molecule has 0 aliphatic heterocycles. The van der Waals surface area contributed by atoms with Crippen LogP contribution in [-0.2, 0) is 4.79 Å². The second-order valence-electron chi connectivity index (χ2n) is 2.13. The largest absolute Gasteiger partial charge is 0.387 e. The monoisotopic (exact) mass is 145 g/mol. The van der Waals surface area contributed by atoms with Gasteiger partial charge in [0, 0.05) is 13.1 Å². The molecule has 1 amide bonds. The van der Waals surface area contributed by atoms with Crippen LogP contribution < -0.4 is 0 Å². The number of hydrogen-bond acceptors (Lipinski definition) is 2. The molecule has 0 fully saturated rings. The first-order valence-electron chi connectivity index (χ1n) is 3.64. The second kappa shape index (κ2) is 5.23. The highest BCUT2D eigenvalue weighted by molar-refractivity contribution is 5.77. The summed E-state index contributed by atoms with van der Waals surface area (Å²) in [4.78, 5) is 12.4. The highest BCUT2D eigenvalue weighted by Gasteiger charge is 2.06. The number of nitrogens with zero attached hydrogens (tertiary/aromatic N) is 1. The average Bonchev–Trinajstić information content (AvgIpc) is 1.99. The summed E-state index contributed by atoms with van der Waals surface area (Å²) in [6.45, 7) is 4.98. The van der Waals surface area contributed by atoms with Crippen LogP contribution in [0.5, 0.6) is 0 Å². The van der Waals surface area contributed by atoms with Gasteiger partial charge in [0.15, 0.2) is 0 Å². The molecule has 0 aliphatic rings. The fourth-order valence-electron chi connectivity index (χ4n) is 0.829. The summed E-state index contributed by atoms with van der Waals surface area (Å²) in [7, 11) is 0. The maximum atomic E-state index is 10.8. The van der Waals surface area contributed by atoms with Crippen molar-refractivity contribution < 1.29 is 9.90 Å². The van der Waals surface area contributed by atoms with Gasteiger partial charge in [-0.05, 0) is 13.3 Å². The Morgan fingerprint density at radius 2 is 2.10 bits per heavy atom. The Morgan fingerprint density at radius 1 is 1.50 bits per heavy atom. The normalized spacial score (nSPS) is 9.50. The Labute approximate surface area is 61.6 Å². The third-order valence-electron chi connectivity index (χ3n) is 1.36. The van der Waals surface area contributed by atoms with Gasteiger partial charge >= 0.3 is 0 Å². The van der Waals surface area contributed by atoms with Crippen molar-refractivity contribution in [2.75, 3.05) is 19.7 Å². The van der Waals surface area contributed by atoms with Gasteiger partial charge in [0.25, 0.3) is 0 Å². The number of hydrogen-bond donors (Lipinski definition) is 1. The van der Waals surface area contributed by atoms with Crippen molar-refractivity contribution in [2.24, 2.45) is 0 Å². The van der Waals surface area contributed by atoms with E-state index in [4.69, 9.17) is 5.11 Å². The molecule has 0 rings (SSSR count). The predicted molar refractivity (Wildman–Crippen MR) is 39.6 cm³/mol. The van der Waals surface area contributed by atoms with Gasteiger partial charge < -0.3 is 10.0 Å². The fourth-order valence-corrected chi connectivity index (χ4v) is 0.829. The second-order valence-corrected chi connectivity index (χ2v) is 2.13. The summed E-state index contributed by atoms with van der Waals surface area (Å²) < 4.78 is 0. The van der Waals surface area contributed by atoms with Crippen molar-refractivity contribution in [3.63, 3.8) is 0 Å². The van der Waals surface area contributed by atoms with E-state index in [2.05, 4.69) is 0 Å². The Balaban J connectivity index is 3.68. The molecule has 0 saturated heterocycles. The van der Waals surface area contributed by atoms with Gasteiger partial charge in [-0.25, -0.2) is 0 Å². The molecule has 0 unspecified atom stereocenters. The van der Waals surface area contributed by atoms with E-state index in [1.807, 2.05) is 13.8 Å². The smallest absolute Gasteiger partial charge is 0.248 e. The van der Waals surface area contributed by atoms with Crippen molar-refractivity contribution >= 4 is 5.91 Å². The molecular formula is C7H15NO2. The first-order chi connectivity index (χ1) is 4.76. The number of carbonyl (C=O) groups excluding carboxylic acids is 1. The summed E-state index contributed by atoms with van der Waals surface area (Å²) >= 11 is 0. The van der Waals surface area contributed by atoms with E-state index in [0.717, 1.165) is 13.0 Å². The van der Waals surface area contributed by atoms with Crippen LogP contribution in [-0.4, -0.2) is 35.6 Å². The van der Waals surface area contributed by atoms with Gasteiger partial charge in [-0.1, -0.05) is 6.92 Å². The van der Waals surface area contributed by atoms with Crippen LogP contribution in [0.2, 0.25) is 0 Å². The minimum atomic E-state index is -0.367. The Morgan fingerprint density at radius 3 is 2.40 bits per heavy atom. The van der Waals surface area contributed by atoms with E-state index in [1.54, 1.807) is 4.90 Å². The van der Waals surface area contributed by atoms with Crippen molar-refractivity contribution in [1.82, 2.24) is 4.90 Å². The zero-order valence-corrected chi connectivity index (χ0v) is 6.63. The molecule has 0 heterocycles. The van der Waals surface area contributed by atoms with Crippen LogP contribution >= 0.6 is 0 Å². The maximum Gasteiger partial charge on any atom is 0.248 e. The van der Waals surface area contributed by atoms with Crippen molar-refractivity contribution in [3.05, 3.63) is 0 Å². The molecular weight excluding hydrogens is 130 g/mol. The number of aliphatic hydroxyl groups is 1. The fraction of sp³-hybridized carbons (Fsp3) is 0.857. The van der Waals surface area contributed by atoms with Gasteiger partial charge in [0.2, 0.25) is 5.91 Å². The number of amides is 1. The lowest BCUT2D eigenvalue weighted by Crippen LogP contribution is -2.33. The van der Waals surface area contributed by atoms with E-state index < -0.39 is 0 Å². The van der Waals surface area contributed by atoms with Gasteiger partial charge in [-0.15, -0.1) is 0 Å². The zero-order chi connectivity index (χ0) is 7.98. The molecule has 0 aromatic rings. The van der Waals surface area contributed by atoms with Crippen molar-refractivity contribution in [2.45, 2.75) is 20.3 Å². The minimum absolute atomic E-state index is 0.177. The van der Waals surface area contributed by atoms with E-state index in [1.165, 1.54) is 0 Å². The predicted octanol–water partition coefficient (Wildman–Crippen LogP) is 0.237. The maximum absolute atomic E-state index is 10.8. The Hall–Kier alpha value is -0.570. The molecule has 60 valence electrons. The van der Waals surface area contributed by atoms with E-state index in [-0.39, 0.29) is 12.5 Å². The van der Waals surface area contributed by atoms with Crippen LogP contribution in [0.25, 0.3) is 0 Å². The minimum Gasteiger partial charge on any atom is -0.387 e. The highest BCUT2D eigenvalue weighted by Crippen LogP contribution is 1.90. The number of rotatable bonds is 4. The van der Waals surface area contributed by atoms with Gasteiger partial charge in [0.05, 0.1) is 0 Å². The first-order valence-corrected chi connectivity index (χ1v) is 3.64. The first kappa shape index (κ1) is 9.43. The molecule has 0 aliphatic carbocycles. The summed E-state index contributed by atoms with van der Waals surface area (Å²) in [6, 6.07) is 0. The Bertz CT molecular complexity index is 104. The van der Waals surface area contributed by atoms with E-state index in [9.17, 15) is 4.79 Å². The van der Waals surface area contributed by atoms with Crippen molar-refractivity contribution in [1.29, 1.82) is 0 Å².